The summed E-state index contributed by atoms with van der Waals surface area (Å²) in [5.41, 5.74) is 0.255. The van der Waals surface area contributed by atoms with Gasteiger partial charge in [-0.15, -0.1) is 0 Å². The van der Waals surface area contributed by atoms with Gasteiger partial charge in [-0.3, -0.25) is 9.59 Å². The summed E-state index contributed by atoms with van der Waals surface area (Å²) in [5, 5.41) is 0. The van der Waals surface area contributed by atoms with Crippen LogP contribution in [0.1, 0.15) is 52.0 Å². The molecule has 6 nitrogen and oxygen atoms in total. The first kappa shape index (κ1) is 19.9. The van der Waals surface area contributed by atoms with Gasteiger partial charge in [-0.05, 0) is 39.2 Å². The minimum Gasteiger partial charge on any atom is -0.461 e. The number of amides is 1. The van der Waals surface area contributed by atoms with E-state index in [4.69, 9.17) is 9.47 Å². The molecule has 0 N–H and O–H groups in total. The third-order valence-electron chi connectivity index (χ3n) is 4.03. The number of benzene rings is 1. The Labute approximate surface area is 154 Å². The zero-order chi connectivity index (χ0) is 19.2. The SMILES string of the molecule is CC(C)(C)OC(=O)C(CCC(=O)OCc1ccccc1)N1CCCC1=O. The first-order valence-electron chi connectivity index (χ1n) is 8.98. The lowest BCUT2D eigenvalue weighted by Gasteiger charge is -2.29. The van der Waals surface area contributed by atoms with Crippen molar-refractivity contribution in [3.8, 4) is 0 Å². The Balaban J connectivity index is 1.92. The lowest BCUT2D eigenvalue weighted by atomic mass is 10.1. The van der Waals surface area contributed by atoms with Crippen LogP contribution in [0.15, 0.2) is 30.3 Å². The summed E-state index contributed by atoms with van der Waals surface area (Å²) < 4.78 is 10.7. The second kappa shape index (κ2) is 8.83. The van der Waals surface area contributed by atoms with E-state index in [-0.39, 0.29) is 25.4 Å². The number of carbonyl (C=O) groups excluding carboxylic acids is 3. The minimum absolute atomic E-state index is 0.0561. The molecule has 1 heterocycles. The second-order valence-electron chi connectivity index (χ2n) is 7.42. The van der Waals surface area contributed by atoms with Crippen molar-refractivity contribution < 1.29 is 23.9 Å². The maximum absolute atomic E-state index is 12.5. The predicted octanol–water partition coefficient (Wildman–Crippen LogP) is 2.84. The van der Waals surface area contributed by atoms with Crippen molar-refractivity contribution in [2.24, 2.45) is 0 Å². The van der Waals surface area contributed by atoms with Gasteiger partial charge in [-0.2, -0.15) is 0 Å². The van der Waals surface area contributed by atoms with E-state index in [2.05, 4.69) is 0 Å². The fourth-order valence-electron chi connectivity index (χ4n) is 2.83. The molecule has 0 radical (unpaired) electrons. The van der Waals surface area contributed by atoms with E-state index in [9.17, 15) is 14.4 Å². The summed E-state index contributed by atoms with van der Waals surface area (Å²) in [6.07, 6.45) is 1.41. The molecule has 1 aliphatic rings. The smallest absolute Gasteiger partial charge is 0.329 e. The van der Waals surface area contributed by atoms with Crippen LogP contribution in [0.2, 0.25) is 0 Å². The molecule has 6 heteroatoms. The highest BCUT2D eigenvalue weighted by Gasteiger charge is 2.35. The second-order valence-corrected chi connectivity index (χ2v) is 7.42. The number of ether oxygens (including phenoxy) is 2. The highest BCUT2D eigenvalue weighted by atomic mass is 16.6. The lowest BCUT2D eigenvalue weighted by molar-refractivity contribution is -0.164. The maximum atomic E-state index is 12.5. The van der Waals surface area contributed by atoms with E-state index in [1.54, 1.807) is 20.8 Å². The third-order valence-corrected chi connectivity index (χ3v) is 4.03. The van der Waals surface area contributed by atoms with Crippen molar-refractivity contribution in [1.82, 2.24) is 4.90 Å². The van der Waals surface area contributed by atoms with Gasteiger partial charge in [0.2, 0.25) is 5.91 Å². The van der Waals surface area contributed by atoms with Crippen molar-refractivity contribution in [2.45, 2.75) is 64.7 Å². The Kier molecular flexibility index (Phi) is 6.77. The highest BCUT2D eigenvalue weighted by Crippen LogP contribution is 2.21. The number of carbonyl (C=O) groups is 3. The fourth-order valence-corrected chi connectivity index (χ4v) is 2.83. The third kappa shape index (κ3) is 6.17. The molecule has 0 aromatic heterocycles. The topological polar surface area (TPSA) is 72.9 Å². The lowest BCUT2D eigenvalue weighted by Crippen LogP contribution is -2.45. The highest BCUT2D eigenvalue weighted by molar-refractivity contribution is 5.86. The quantitative estimate of drug-likeness (QED) is 0.698. The zero-order valence-corrected chi connectivity index (χ0v) is 15.7. The molecular formula is C20H27NO5. The van der Waals surface area contributed by atoms with Crippen LogP contribution in [0.25, 0.3) is 0 Å². The number of rotatable bonds is 7. The van der Waals surface area contributed by atoms with Crippen molar-refractivity contribution in [1.29, 1.82) is 0 Å². The minimum atomic E-state index is -0.742. The van der Waals surface area contributed by atoms with Gasteiger partial charge in [0.25, 0.3) is 0 Å². The number of nitrogens with zero attached hydrogens (tertiary/aromatic N) is 1. The molecule has 26 heavy (non-hydrogen) atoms. The van der Waals surface area contributed by atoms with Gasteiger partial charge in [-0.1, -0.05) is 30.3 Å². The largest absolute Gasteiger partial charge is 0.461 e. The Morgan fingerprint density at radius 3 is 2.46 bits per heavy atom. The van der Waals surface area contributed by atoms with Gasteiger partial charge in [-0.25, -0.2) is 4.79 Å². The summed E-state index contributed by atoms with van der Waals surface area (Å²) in [6, 6.07) is 8.65. The van der Waals surface area contributed by atoms with Crippen molar-refractivity contribution in [3.05, 3.63) is 35.9 Å². The number of hydrogen-bond acceptors (Lipinski definition) is 5. The van der Waals surface area contributed by atoms with Crippen LogP contribution in [0.4, 0.5) is 0 Å². The molecule has 1 saturated heterocycles. The number of hydrogen-bond donors (Lipinski definition) is 0. The van der Waals surface area contributed by atoms with Crippen LogP contribution in [-0.2, 0) is 30.5 Å². The van der Waals surface area contributed by atoms with Gasteiger partial charge in [0.05, 0.1) is 0 Å². The van der Waals surface area contributed by atoms with E-state index < -0.39 is 23.6 Å². The van der Waals surface area contributed by atoms with Crippen molar-refractivity contribution in [3.63, 3.8) is 0 Å². The summed E-state index contributed by atoms with van der Waals surface area (Å²) in [4.78, 5) is 38.1. The summed E-state index contributed by atoms with van der Waals surface area (Å²) in [7, 11) is 0. The van der Waals surface area contributed by atoms with Crippen LogP contribution in [-0.4, -0.2) is 40.9 Å². The molecule has 142 valence electrons. The first-order chi connectivity index (χ1) is 12.3. The van der Waals surface area contributed by atoms with Crippen molar-refractivity contribution in [2.75, 3.05) is 6.54 Å². The predicted molar refractivity (Wildman–Crippen MR) is 96.1 cm³/mol. The molecule has 1 aromatic carbocycles. The van der Waals surface area contributed by atoms with E-state index in [1.165, 1.54) is 4.90 Å². The molecule has 1 aliphatic heterocycles. The van der Waals surface area contributed by atoms with Crippen molar-refractivity contribution >= 4 is 17.8 Å². The number of esters is 2. The standard InChI is InChI=1S/C20H27NO5/c1-20(2,3)26-19(24)16(21-13-7-10-17(21)22)11-12-18(23)25-14-15-8-5-4-6-9-15/h4-6,8-9,16H,7,10-14H2,1-3H3. The fraction of sp³-hybridized carbons (Fsp3) is 0.550. The van der Waals surface area contributed by atoms with Crippen LogP contribution in [0, 0.1) is 0 Å². The van der Waals surface area contributed by atoms with Gasteiger partial charge in [0.1, 0.15) is 18.2 Å². The molecule has 0 aliphatic carbocycles. The van der Waals surface area contributed by atoms with Gasteiger partial charge in [0.15, 0.2) is 0 Å². The normalized spacial score (nSPS) is 15.7. The van der Waals surface area contributed by atoms with E-state index in [0.29, 0.717) is 13.0 Å². The van der Waals surface area contributed by atoms with Crippen LogP contribution >= 0.6 is 0 Å². The van der Waals surface area contributed by atoms with Gasteiger partial charge in [0, 0.05) is 19.4 Å². The van der Waals surface area contributed by atoms with E-state index >= 15 is 0 Å². The Hall–Kier alpha value is -2.37. The molecule has 2 rings (SSSR count). The zero-order valence-electron chi connectivity index (χ0n) is 15.7. The van der Waals surface area contributed by atoms with Crippen LogP contribution < -0.4 is 0 Å². The molecular weight excluding hydrogens is 334 g/mol. The molecule has 0 bridgehead atoms. The van der Waals surface area contributed by atoms with Crippen LogP contribution in [0.5, 0.6) is 0 Å². The molecule has 1 amide bonds. The van der Waals surface area contributed by atoms with E-state index in [1.807, 2.05) is 30.3 Å². The number of likely N-dealkylation sites (tertiary alicyclic amines) is 1. The monoisotopic (exact) mass is 361 g/mol. The summed E-state index contributed by atoms with van der Waals surface area (Å²) in [5.74, 6) is -0.934. The first-order valence-corrected chi connectivity index (χ1v) is 8.98. The van der Waals surface area contributed by atoms with Crippen LogP contribution in [0.3, 0.4) is 0 Å². The summed E-state index contributed by atoms with van der Waals surface area (Å²) in [6.45, 7) is 6.05. The van der Waals surface area contributed by atoms with E-state index in [0.717, 1.165) is 12.0 Å². The Morgan fingerprint density at radius 2 is 1.88 bits per heavy atom. The average molecular weight is 361 g/mol. The molecule has 0 saturated carbocycles. The van der Waals surface area contributed by atoms with Gasteiger partial charge >= 0.3 is 11.9 Å². The summed E-state index contributed by atoms with van der Waals surface area (Å²) >= 11 is 0. The molecule has 1 atom stereocenters. The molecule has 1 fully saturated rings. The van der Waals surface area contributed by atoms with Gasteiger partial charge < -0.3 is 14.4 Å². The molecule has 1 unspecified atom stereocenters. The Bertz CT molecular complexity index is 635. The maximum Gasteiger partial charge on any atom is 0.329 e. The molecule has 1 aromatic rings. The molecule has 0 spiro atoms. The average Bonchev–Trinajstić information content (AvgIpc) is 2.98. The Morgan fingerprint density at radius 1 is 1.19 bits per heavy atom.